The van der Waals surface area contributed by atoms with Crippen LogP contribution >= 0.6 is 0 Å². The zero-order valence-electron chi connectivity index (χ0n) is 12.6. The van der Waals surface area contributed by atoms with Crippen molar-refractivity contribution in [2.75, 3.05) is 23.8 Å². The first kappa shape index (κ1) is 15.1. The van der Waals surface area contributed by atoms with Gasteiger partial charge >= 0.3 is 0 Å². The zero-order chi connectivity index (χ0) is 16.2. The molecule has 1 amide bonds. The van der Waals surface area contributed by atoms with Crippen LogP contribution in [0.1, 0.15) is 6.92 Å². The molecule has 2 aromatic rings. The Bertz CT molecular complexity index is 703. The molecule has 0 unspecified atom stereocenters. The molecule has 5 nitrogen and oxygen atoms in total. The van der Waals surface area contributed by atoms with Crippen molar-refractivity contribution in [3.05, 3.63) is 48.3 Å². The van der Waals surface area contributed by atoms with Crippen LogP contribution in [0.2, 0.25) is 0 Å². The minimum Gasteiger partial charge on any atom is -0.486 e. The normalized spacial score (nSPS) is 14.0. The fourth-order valence-corrected chi connectivity index (χ4v) is 2.23. The summed E-state index contributed by atoms with van der Waals surface area (Å²) in [6.07, 6.45) is 0. The van der Waals surface area contributed by atoms with Crippen LogP contribution in [0, 0.1) is 5.82 Å². The molecule has 23 heavy (non-hydrogen) atoms. The molecular formula is C17H17FN2O3. The van der Waals surface area contributed by atoms with E-state index in [1.165, 1.54) is 12.1 Å². The molecule has 1 aliphatic rings. The number of ether oxygens (including phenoxy) is 2. The predicted octanol–water partition coefficient (Wildman–Crippen LogP) is 3.04. The van der Waals surface area contributed by atoms with Gasteiger partial charge in [0.25, 0.3) is 0 Å². The average molecular weight is 316 g/mol. The molecule has 6 heteroatoms. The van der Waals surface area contributed by atoms with E-state index >= 15 is 0 Å². The second kappa shape index (κ2) is 6.56. The Morgan fingerprint density at radius 1 is 1.04 bits per heavy atom. The molecule has 1 heterocycles. The summed E-state index contributed by atoms with van der Waals surface area (Å²) in [6, 6.07) is 10.6. The van der Waals surface area contributed by atoms with Gasteiger partial charge in [-0.3, -0.25) is 4.79 Å². The van der Waals surface area contributed by atoms with Crippen LogP contribution in [0.4, 0.5) is 15.8 Å². The van der Waals surface area contributed by atoms with E-state index in [4.69, 9.17) is 9.47 Å². The number of hydrogen-bond donors (Lipinski definition) is 2. The lowest BCUT2D eigenvalue weighted by molar-refractivity contribution is -0.116. The van der Waals surface area contributed by atoms with Crippen molar-refractivity contribution in [1.82, 2.24) is 0 Å². The SMILES string of the molecule is C[C@H](Nc1ccc(F)cc1)C(=O)Nc1ccc2c(c1)OCCO2. The van der Waals surface area contributed by atoms with Crippen molar-refractivity contribution in [2.24, 2.45) is 0 Å². The summed E-state index contributed by atoms with van der Waals surface area (Å²) in [5.41, 5.74) is 1.31. The number of carbonyl (C=O) groups is 1. The molecule has 0 bridgehead atoms. The monoisotopic (exact) mass is 316 g/mol. The van der Waals surface area contributed by atoms with Crippen LogP contribution in [-0.2, 0) is 4.79 Å². The minimum absolute atomic E-state index is 0.203. The maximum atomic E-state index is 12.9. The molecule has 2 N–H and O–H groups in total. The Hall–Kier alpha value is -2.76. The third-order valence-electron chi connectivity index (χ3n) is 3.43. The first-order chi connectivity index (χ1) is 11.1. The van der Waals surface area contributed by atoms with E-state index in [-0.39, 0.29) is 11.7 Å². The quantitative estimate of drug-likeness (QED) is 0.910. The van der Waals surface area contributed by atoms with Gasteiger partial charge in [0.05, 0.1) is 0 Å². The minimum atomic E-state index is -0.478. The molecule has 1 atom stereocenters. The Morgan fingerprint density at radius 2 is 1.70 bits per heavy atom. The summed E-state index contributed by atoms with van der Waals surface area (Å²) in [6.45, 7) is 2.75. The first-order valence-corrected chi connectivity index (χ1v) is 7.34. The van der Waals surface area contributed by atoms with E-state index < -0.39 is 6.04 Å². The van der Waals surface area contributed by atoms with E-state index in [1.807, 2.05) is 0 Å². The Morgan fingerprint density at radius 3 is 2.43 bits per heavy atom. The molecular weight excluding hydrogens is 299 g/mol. The summed E-state index contributed by atoms with van der Waals surface area (Å²) in [5, 5.41) is 5.83. The van der Waals surface area contributed by atoms with Crippen molar-refractivity contribution >= 4 is 17.3 Å². The van der Waals surface area contributed by atoms with E-state index in [1.54, 1.807) is 37.3 Å². The van der Waals surface area contributed by atoms with Gasteiger partial charge in [-0.1, -0.05) is 0 Å². The molecule has 0 aliphatic carbocycles. The molecule has 2 aromatic carbocycles. The van der Waals surface area contributed by atoms with Crippen molar-refractivity contribution in [2.45, 2.75) is 13.0 Å². The molecule has 0 spiro atoms. The molecule has 3 rings (SSSR count). The fraction of sp³-hybridized carbons (Fsp3) is 0.235. The second-order valence-corrected chi connectivity index (χ2v) is 5.22. The second-order valence-electron chi connectivity index (χ2n) is 5.22. The molecule has 0 fully saturated rings. The van der Waals surface area contributed by atoms with Gasteiger partial charge in [0, 0.05) is 17.4 Å². The topological polar surface area (TPSA) is 59.6 Å². The zero-order valence-corrected chi connectivity index (χ0v) is 12.6. The lowest BCUT2D eigenvalue weighted by Gasteiger charge is -2.20. The highest BCUT2D eigenvalue weighted by molar-refractivity contribution is 5.96. The number of hydrogen-bond acceptors (Lipinski definition) is 4. The van der Waals surface area contributed by atoms with Gasteiger partial charge in [-0.25, -0.2) is 4.39 Å². The molecule has 0 aromatic heterocycles. The number of carbonyl (C=O) groups excluding carboxylic acids is 1. The van der Waals surface area contributed by atoms with E-state index in [0.29, 0.717) is 36.1 Å². The average Bonchev–Trinajstić information content (AvgIpc) is 2.56. The van der Waals surface area contributed by atoms with Gasteiger partial charge in [0.1, 0.15) is 25.1 Å². The van der Waals surface area contributed by atoms with Crippen molar-refractivity contribution in [3.63, 3.8) is 0 Å². The van der Waals surface area contributed by atoms with Gasteiger partial charge in [-0.05, 0) is 43.3 Å². The first-order valence-electron chi connectivity index (χ1n) is 7.34. The van der Waals surface area contributed by atoms with E-state index in [2.05, 4.69) is 10.6 Å². The Labute approximate surface area is 133 Å². The molecule has 0 saturated carbocycles. The highest BCUT2D eigenvalue weighted by atomic mass is 19.1. The van der Waals surface area contributed by atoms with Crippen LogP contribution in [0.5, 0.6) is 11.5 Å². The number of anilines is 2. The van der Waals surface area contributed by atoms with Crippen LogP contribution in [-0.4, -0.2) is 25.2 Å². The number of halogens is 1. The Balaban J connectivity index is 1.63. The number of amides is 1. The van der Waals surface area contributed by atoms with Crippen molar-refractivity contribution in [1.29, 1.82) is 0 Å². The summed E-state index contributed by atoms with van der Waals surface area (Å²) in [7, 11) is 0. The number of rotatable bonds is 4. The Kier molecular flexibility index (Phi) is 4.32. The molecule has 120 valence electrons. The smallest absolute Gasteiger partial charge is 0.246 e. The van der Waals surface area contributed by atoms with E-state index in [9.17, 15) is 9.18 Å². The third kappa shape index (κ3) is 3.71. The maximum absolute atomic E-state index is 12.9. The predicted molar refractivity (Wildman–Crippen MR) is 85.5 cm³/mol. The lowest BCUT2D eigenvalue weighted by atomic mass is 10.2. The highest BCUT2D eigenvalue weighted by Gasteiger charge is 2.16. The highest BCUT2D eigenvalue weighted by Crippen LogP contribution is 2.32. The van der Waals surface area contributed by atoms with Crippen LogP contribution in [0.15, 0.2) is 42.5 Å². The van der Waals surface area contributed by atoms with Crippen molar-refractivity contribution < 1.29 is 18.7 Å². The summed E-state index contributed by atoms with van der Waals surface area (Å²) >= 11 is 0. The molecule has 0 saturated heterocycles. The summed E-state index contributed by atoms with van der Waals surface area (Å²) < 4.78 is 23.8. The largest absolute Gasteiger partial charge is 0.486 e. The number of fused-ring (bicyclic) bond motifs is 1. The fourth-order valence-electron chi connectivity index (χ4n) is 2.23. The van der Waals surface area contributed by atoms with Gasteiger partial charge in [0.2, 0.25) is 5.91 Å². The van der Waals surface area contributed by atoms with Crippen LogP contribution in [0.25, 0.3) is 0 Å². The molecule has 0 radical (unpaired) electrons. The van der Waals surface area contributed by atoms with Gasteiger partial charge in [-0.15, -0.1) is 0 Å². The summed E-state index contributed by atoms with van der Waals surface area (Å²) in [4.78, 5) is 12.2. The van der Waals surface area contributed by atoms with Crippen molar-refractivity contribution in [3.8, 4) is 11.5 Å². The summed E-state index contributed by atoms with van der Waals surface area (Å²) in [5.74, 6) is 0.773. The van der Waals surface area contributed by atoms with Crippen LogP contribution in [0.3, 0.4) is 0 Å². The maximum Gasteiger partial charge on any atom is 0.246 e. The lowest BCUT2D eigenvalue weighted by Crippen LogP contribution is -2.31. The van der Waals surface area contributed by atoms with Gasteiger partial charge in [-0.2, -0.15) is 0 Å². The molecule has 1 aliphatic heterocycles. The number of nitrogens with one attached hydrogen (secondary N) is 2. The van der Waals surface area contributed by atoms with Crippen LogP contribution < -0.4 is 20.1 Å². The third-order valence-corrected chi connectivity index (χ3v) is 3.43. The van der Waals surface area contributed by atoms with Gasteiger partial charge in [0.15, 0.2) is 11.5 Å². The number of benzene rings is 2. The standard InChI is InChI=1S/C17H17FN2O3/c1-11(19-13-4-2-12(18)3-5-13)17(21)20-14-6-7-15-16(10-14)23-9-8-22-15/h2-7,10-11,19H,8-9H2,1H3,(H,20,21)/t11-/m0/s1. The van der Waals surface area contributed by atoms with Gasteiger partial charge < -0.3 is 20.1 Å². The van der Waals surface area contributed by atoms with E-state index in [0.717, 1.165) is 0 Å².